The number of nitrogen functional groups attached to an aromatic ring is 1. The summed E-state index contributed by atoms with van der Waals surface area (Å²) in [5.74, 6) is -1.48. The van der Waals surface area contributed by atoms with Crippen LogP contribution in [0.15, 0.2) is 71.1 Å². The van der Waals surface area contributed by atoms with Crippen LogP contribution in [-0.2, 0) is 29.8 Å². The van der Waals surface area contributed by atoms with Gasteiger partial charge in [-0.15, -0.1) is 0 Å². The second-order valence-electron chi connectivity index (χ2n) is 11.7. The Labute approximate surface area is 243 Å². The second kappa shape index (κ2) is 13.3. The molecule has 3 amide bonds. The third-order valence-corrected chi connectivity index (χ3v) is 8.36. The number of nitrogens with zero attached hydrogens (tertiary/aromatic N) is 1. The molecule has 0 aromatic heterocycles. The molecule has 1 unspecified atom stereocenters. The van der Waals surface area contributed by atoms with E-state index in [2.05, 4.69) is 10.6 Å². The molecule has 0 saturated heterocycles. The van der Waals surface area contributed by atoms with Crippen LogP contribution in [0.3, 0.4) is 0 Å². The van der Waals surface area contributed by atoms with E-state index in [0.29, 0.717) is 5.69 Å². The number of rotatable bonds is 11. The first-order valence-electron chi connectivity index (χ1n) is 13.3. The van der Waals surface area contributed by atoms with Crippen molar-refractivity contribution in [2.45, 2.75) is 63.9 Å². The molecule has 0 heterocycles. The second-order valence-corrected chi connectivity index (χ2v) is 13.4. The molecule has 0 aliphatic heterocycles. The van der Waals surface area contributed by atoms with Gasteiger partial charge < -0.3 is 21.3 Å². The molecule has 0 saturated carbocycles. The fourth-order valence-corrected chi connectivity index (χ4v) is 5.33. The summed E-state index contributed by atoms with van der Waals surface area (Å²) in [6.45, 7) is 11.0. The highest BCUT2D eigenvalue weighted by Gasteiger charge is 2.40. The number of anilines is 1. The molecule has 41 heavy (non-hydrogen) atoms. The van der Waals surface area contributed by atoms with Gasteiger partial charge in [0.1, 0.15) is 6.04 Å². The van der Waals surface area contributed by atoms with E-state index in [1.54, 1.807) is 14.1 Å². The first kappa shape index (κ1) is 33.5. The van der Waals surface area contributed by atoms with Crippen LogP contribution in [0.5, 0.6) is 0 Å². The van der Waals surface area contributed by atoms with Gasteiger partial charge in [-0.05, 0) is 49.2 Å². The first-order chi connectivity index (χ1) is 18.9. The van der Waals surface area contributed by atoms with Crippen molar-refractivity contribution in [1.29, 1.82) is 0 Å². The number of benzene rings is 2. The molecule has 0 aliphatic rings. The Hall–Kier alpha value is -3.70. The summed E-state index contributed by atoms with van der Waals surface area (Å²) >= 11 is 0. The van der Waals surface area contributed by atoms with Gasteiger partial charge in [0.2, 0.25) is 11.8 Å². The van der Waals surface area contributed by atoms with Gasteiger partial charge in [0.25, 0.3) is 15.9 Å². The highest BCUT2D eigenvalue weighted by molar-refractivity contribution is 7.90. The van der Waals surface area contributed by atoms with E-state index < -0.39 is 38.8 Å². The number of sulfonamides is 1. The lowest BCUT2D eigenvalue weighted by Gasteiger charge is -2.38. The zero-order valence-electron chi connectivity index (χ0n) is 25.1. The maximum absolute atomic E-state index is 13.5. The van der Waals surface area contributed by atoms with Crippen LogP contribution in [0.1, 0.15) is 47.1 Å². The molecule has 2 atom stereocenters. The molecule has 5 N–H and O–H groups in total. The van der Waals surface area contributed by atoms with Gasteiger partial charge in [-0.1, -0.05) is 71.0 Å². The number of hydrogen-bond acceptors (Lipinski definition) is 7. The van der Waals surface area contributed by atoms with Crippen molar-refractivity contribution in [1.82, 2.24) is 20.3 Å². The molecular formula is C30H43N5O5S. The summed E-state index contributed by atoms with van der Waals surface area (Å²) < 4.78 is 27.1. The van der Waals surface area contributed by atoms with Gasteiger partial charge in [0.15, 0.2) is 0 Å². The standard InChI is InChI=1S/C30H43N5O5S/c1-20(26(36)34-41(39,40)23-16-14-22(31)15-17-23)18-19-35(8)28(38)25(29(2,3)4)33-27(37)24(32-7)30(5,6)21-12-10-9-11-13-21/h9-18,24-25,32H,19,31H2,1-8H3,(H,33,37)(H,34,36)/b20-18+/t24-,25?/m1/s1. The summed E-state index contributed by atoms with van der Waals surface area (Å²) in [6, 6.07) is 13.6. The van der Waals surface area contributed by atoms with Crippen LogP contribution in [0, 0.1) is 5.41 Å². The molecule has 11 heteroatoms. The Morgan fingerprint density at radius 2 is 1.51 bits per heavy atom. The molecule has 2 rings (SSSR count). The highest BCUT2D eigenvalue weighted by atomic mass is 32.2. The summed E-state index contributed by atoms with van der Waals surface area (Å²) in [6.07, 6.45) is 1.46. The fourth-order valence-electron chi connectivity index (χ4n) is 4.31. The molecule has 2 aromatic carbocycles. The van der Waals surface area contributed by atoms with Gasteiger partial charge in [-0.25, -0.2) is 13.1 Å². The summed E-state index contributed by atoms with van der Waals surface area (Å²) in [5, 5.41) is 6.05. The lowest BCUT2D eigenvalue weighted by atomic mass is 9.76. The van der Waals surface area contributed by atoms with Crippen molar-refractivity contribution in [2.75, 3.05) is 26.4 Å². The average Bonchev–Trinajstić information content (AvgIpc) is 2.89. The fraction of sp³-hybridized carbons (Fsp3) is 0.433. The van der Waals surface area contributed by atoms with Crippen LogP contribution in [0.25, 0.3) is 0 Å². The van der Waals surface area contributed by atoms with Gasteiger partial charge in [0, 0.05) is 30.3 Å². The van der Waals surface area contributed by atoms with E-state index in [0.717, 1.165) is 5.56 Å². The van der Waals surface area contributed by atoms with Gasteiger partial charge >= 0.3 is 0 Å². The first-order valence-corrected chi connectivity index (χ1v) is 14.8. The molecule has 0 spiro atoms. The molecule has 0 radical (unpaired) electrons. The quantitative estimate of drug-likeness (QED) is 0.234. The zero-order valence-corrected chi connectivity index (χ0v) is 25.9. The summed E-state index contributed by atoms with van der Waals surface area (Å²) in [4.78, 5) is 40.9. The molecule has 0 fully saturated rings. The van der Waals surface area contributed by atoms with Crippen molar-refractivity contribution in [3.8, 4) is 0 Å². The molecular weight excluding hydrogens is 542 g/mol. The number of likely N-dealkylation sites (N-methyl/N-ethyl adjacent to an activating group) is 2. The van der Waals surface area contributed by atoms with Gasteiger partial charge in [-0.2, -0.15) is 0 Å². The largest absolute Gasteiger partial charge is 0.399 e. The maximum atomic E-state index is 13.5. The molecule has 0 aliphatic carbocycles. The summed E-state index contributed by atoms with van der Waals surface area (Å²) in [5.41, 5.74) is 5.88. The lowest BCUT2D eigenvalue weighted by Crippen LogP contribution is -2.60. The zero-order chi connectivity index (χ0) is 31.2. The minimum Gasteiger partial charge on any atom is -0.399 e. The Morgan fingerprint density at radius 3 is 2.02 bits per heavy atom. The van der Waals surface area contributed by atoms with Crippen molar-refractivity contribution >= 4 is 33.4 Å². The van der Waals surface area contributed by atoms with Crippen LogP contribution >= 0.6 is 0 Å². The molecule has 0 bridgehead atoms. The SMILES string of the molecule is CN[C@H](C(=O)NC(C(=O)N(C)C/C=C(\C)C(=O)NS(=O)(=O)c1ccc(N)cc1)C(C)(C)C)C(C)(C)c1ccccc1. The maximum Gasteiger partial charge on any atom is 0.264 e. The van der Waals surface area contributed by atoms with Crippen LogP contribution in [0.2, 0.25) is 0 Å². The topological polar surface area (TPSA) is 151 Å². The van der Waals surface area contributed by atoms with E-state index in [-0.39, 0.29) is 28.8 Å². The Bertz CT molecular complexity index is 1360. The molecule has 224 valence electrons. The van der Waals surface area contributed by atoms with Crippen molar-refractivity contribution in [3.05, 3.63) is 71.8 Å². The highest BCUT2D eigenvalue weighted by Crippen LogP contribution is 2.28. The lowest BCUT2D eigenvalue weighted by molar-refractivity contribution is -0.139. The van der Waals surface area contributed by atoms with Crippen molar-refractivity contribution < 1.29 is 22.8 Å². The third kappa shape index (κ3) is 8.64. The van der Waals surface area contributed by atoms with Crippen molar-refractivity contribution in [2.24, 2.45) is 5.41 Å². The van der Waals surface area contributed by atoms with Crippen LogP contribution in [-0.4, -0.2) is 63.8 Å². The minimum absolute atomic E-state index is 0.0213. The van der Waals surface area contributed by atoms with Gasteiger partial charge in [0.05, 0.1) is 10.9 Å². The molecule has 2 aromatic rings. The van der Waals surface area contributed by atoms with E-state index in [4.69, 9.17) is 5.73 Å². The number of hydrogen-bond donors (Lipinski definition) is 4. The van der Waals surface area contributed by atoms with E-state index in [9.17, 15) is 22.8 Å². The van der Waals surface area contributed by atoms with E-state index in [1.807, 2.05) is 69.7 Å². The Morgan fingerprint density at radius 1 is 0.951 bits per heavy atom. The average molecular weight is 586 g/mol. The Kier molecular flexibility index (Phi) is 10.9. The monoisotopic (exact) mass is 585 g/mol. The number of nitrogens with one attached hydrogen (secondary N) is 3. The minimum atomic E-state index is -4.10. The van der Waals surface area contributed by atoms with Crippen LogP contribution in [0.4, 0.5) is 5.69 Å². The molecule has 10 nitrogen and oxygen atoms in total. The summed E-state index contributed by atoms with van der Waals surface area (Å²) in [7, 11) is -0.827. The number of nitrogens with two attached hydrogens (primary N) is 1. The predicted molar refractivity (Wildman–Crippen MR) is 161 cm³/mol. The Balaban J connectivity index is 2.15. The number of carbonyl (C=O) groups excluding carboxylic acids is 3. The van der Waals surface area contributed by atoms with Gasteiger partial charge in [-0.3, -0.25) is 14.4 Å². The van der Waals surface area contributed by atoms with Crippen molar-refractivity contribution in [3.63, 3.8) is 0 Å². The van der Waals surface area contributed by atoms with Crippen LogP contribution < -0.4 is 21.1 Å². The smallest absolute Gasteiger partial charge is 0.264 e. The predicted octanol–water partition coefficient (Wildman–Crippen LogP) is 2.58. The third-order valence-electron chi connectivity index (χ3n) is 7.01. The number of carbonyl (C=O) groups is 3. The van der Waals surface area contributed by atoms with E-state index >= 15 is 0 Å². The number of amides is 3. The normalized spacial score (nSPS) is 14.1. The van der Waals surface area contributed by atoms with E-state index in [1.165, 1.54) is 42.2 Å².